The van der Waals surface area contributed by atoms with E-state index >= 15 is 0 Å². The number of ether oxygens (including phenoxy) is 2. The molecule has 4 aromatic rings. The highest BCUT2D eigenvalue weighted by Gasteiger charge is 2.12. The summed E-state index contributed by atoms with van der Waals surface area (Å²) in [5.74, 6) is 2.06. The molecule has 164 valence electrons. The molecule has 32 heavy (non-hydrogen) atoms. The lowest BCUT2D eigenvalue weighted by Gasteiger charge is -2.12. The standard InChI is InChI=1S/C24H23BrN4O2S/c1-3-11-31-23-20(25)12-16(13-21(23)30-2)15-26-29-22(27-28-24(29)32)14-18-9-6-8-17-7-4-5-10-19(17)18/h4-10,12-13,15H,3,11,14H2,1-2H3,(H,28,32)/b26-15-. The molecule has 4 rings (SSSR count). The SMILES string of the molecule is CCCOc1c(Br)cc(/C=N\n2c(Cc3cccc4ccccc34)n[nH]c2=S)cc1OC. The molecule has 0 bridgehead atoms. The van der Waals surface area contributed by atoms with Gasteiger partial charge in [0.1, 0.15) is 0 Å². The summed E-state index contributed by atoms with van der Waals surface area (Å²) in [5, 5.41) is 14.2. The number of hydrogen-bond acceptors (Lipinski definition) is 5. The predicted molar refractivity (Wildman–Crippen MR) is 134 cm³/mol. The summed E-state index contributed by atoms with van der Waals surface area (Å²) in [6.45, 7) is 2.68. The fourth-order valence-corrected chi connectivity index (χ4v) is 4.23. The highest BCUT2D eigenvalue weighted by Crippen LogP contribution is 2.36. The summed E-state index contributed by atoms with van der Waals surface area (Å²) in [6.07, 6.45) is 3.24. The van der Waals surface area contributed by atoms with Gasteiger partial charge in [0.05, 0.1) is 24.4 Å². The molecule has 0 saturated carbocycles. The van der Waals surface area contributed by atoms with Crippen LogP contribution in [0.15, 0.2) is 64.2 Å². The molecule has 6 nitrogen and oxygen atoms in total. The van der Waals surface area contributed by atoms with Gasteiger partial charge in [-0.25, -0.2) is 0 Å². The number of aromatic amines is 1. The fourth-order valence-electron chi connectivity index (χ4n) is 3.46. The molecule has 0 unspecified atom stereocenters. The number of rotatable bonds is 8. The molecule has 1 aromatic heterocycles. The Balaban J connectivity index is 1.64. The lowest BCUT2D eigenvalue weighted by molar-refractivity contribution is 0.292. The van der Waals surface area contributed by atoms with Crippen molar-refractivity contribution >= 4 is 45.1 Å². The van der Waals surface area contributed by atoms with Gasteiger partial charge < -0.3 is 9.47 Å². The van der Waals surface area contributed by atoms with Crippen molar-refractivity contribution in [3.05, 3.63) is 80.8 Å². The smallest absolute Gasteiger partial charge is 0.216 e. The third-order valence-electron chi connectivity index (χ3n) is 4.97. The lowest BCUT2D eigenvalue weighted by atomic mass is 10.0. The summed E-state index contributed by atoms with van der Waals surface area (Å²) in [6, 6.07) is 18.4. The summed E-state index contributed by atoms with van der Waals surface area (Å²) in [7, 11) is 1.62. The summed E-state index contributed by atoms with van der Waals surface area (Å²) >= 11 is 8.99. The first-order valence-electron chi connectivity index (χ1n) is 10.3. The van der Waals surface area contributed by atoms with Gasteiger partial charge in [0, 0.05) is 6.42 Å². The molecule has 0 saturated heterocycles. The topological polar surface area (TPSA) is 64.4 Å². The second-order valence-corrected chi connectivity index (χ2v) is 8.44. The van der Waals surface area contributed by atoms with Crippen LogP contribution in [0.25, 0.3) is 10.8 Å². The summed E-state index contributed by atoms with van der Waals surface area (Å²) in [5.41, 5.74) is 2.01. The minimum atomic E-state index is 0.436. The molecule has 8 heteroatoms. The monoisotopic (exact) mass is 510 g/mol. The average molecular weight is 511 g/mol. The number of hydrogen-bond donors (Lipinski definition) is 1. The maximum absolute atomic E-state index is 5.80. The third-order valence-corrected chi connectivity index (χ3v) is 5.82. The van der Waals surface area contributed by atoms with E-state index in [0.29, 0.717) is 29.3 Å². The zero-order valence-corrected chi connectivity index (χ0v) is 20.2. The second-order valence-electron chi connectivity index (χ2n) is 7.20. The van der Waals surface area contributed by atoms with Crippen molar-refractivity contribution in [3.8, 4) is 11.5 Å². The number of aromatic nitrogens is 3. The van der Waals surface area contributed by atoms with Gasteiger partial charge in [-0.3, -0.25) is 5.10 Å². The zero-order valence-electron chi connectivity index (χ0n) is 17.8. The Morgan fingerprint density at radius 2 is 2.00 bits per heavy atom. The first-order valence-corrected chi connectivity index (χ1v) is 11.5. The van der Waals surface area contributed by atoms with Crippen molar-refractivity contribution in [3.63, 3.8) is 0 Å². The number of fused-ring (bicyclic) bond motifs is 1. The number of nitrogens with zero attached hydrogens (tertiary/aromatic N) is 3. The maximum Gasteiger partial charge on any atom is 0.216 e. The Labute approximate surface area is 200 Å². The number of H-pyrrole nitrogens is 1. The Kier molecular flexibility index (Phi) is 7.02. The van der Waals surface area contributed by atoms with Crippen LogP contribution in [-0.2, 0) is 6.42 Å². The summed E-state index contributed by atoms with van der Waals surface area (Å²) < 4.78 is 14.2. The lowest BCUT2D eigenvalue weighted by Crippen LogP contribution is -2.02. The molecule has 0 fully saturated rings. The van der Waals surface area contributed by atoms with Crippen LogP contribution in [0, 0.1) is 4.77 Å². The Morgan fingerprint density at radius 1 is 1.19 bits per heavy atom. The third kappa shape index (κ3) is 4.76. The molecular formula is C24H23BrN4O2S. The van der Waals surface area contributed by atoms with Crippen LogP contribution >= 0.6 is 28.1 Å². The van der Waals surface area contributed by atoms with Crippen LogP contribution in [0.4, 0.5) is 0 Å². The van der Waals surface area contributed by atoms with Crippen molar-refractivity contribution in [1.82, 2.24) is 14.9 Å². The van der Waals surface area contributed by atoms with Crippen LogP contribution in [0.1, 0.15) is 30.3 Å². The Bertz CT molecular complexity index is 1320. The van der Waals surface area contributed by atoms with Gasteiger partial charge in [-0.2, -0.15) is 14.9 Å². The summed E-state index contributed by atoms with van der Waals surface area (Å²) in [4.78, 5) is 0. The van der Waals surface area contributed by atoms with E-state index in [2.05, 4.69) is 68.5 Å². The van der Waals surface area contributed by atoms with E-state index in [0.717, 1.165) is 27.8 Å². The van der Waals surface area contributed by atoms with E-state index in [9.17, 15) is 0 Å². The fraction of sp³-hybridized carbons (Fsp3) is 0.208. The molecule has 3 aromatic carbocycles. The minimum absolute atomic E-state index is 0.436. The van der Waals surface area contributed by atoms with E-state index in [-0.39, 0.29) is 0 Å². The molecule has 0 radical (unpaired) electrons. The molecule has 0 amide bonds. The van der Waals surface area contributed by atoms with Crippen LogP contribution in [0.2, 0.25) is 0 Å². The molecule has 1 heterocycles. The molecule has 0 atom stereocenters. The number of methoxy groups -OCH3 is 1. The Hall–Kier alpha value is -2.97. The van der Waals surface area contributed by atoms with Crippen molar-refractivity contribution in [1.29, 1.82) is 0 Å². The van der Waals surface area contributed by atoms with E-state index < -0.39 is 0 Å². The highest BCUT2D eigenvalue weighted by atomic mass is 79.9. The largest absolute Gasteiger partial charge is 0.493 e. The van der Waals surface area contributed by atoms with Gasteiger partial charge in [-0.05, 0) is 68.6 Å². The van der Waals surface area contributed by atoms with E-state index in [1.54, 1.807) is 18.0 Å². The van der Waals surface area contributed by atoms with Gasteiger partial charge in [0.2, 0.25) is 4.77 Å². The quantitative estimate of drug-likeness (QED) is 0.229. The molecular weight excluding hydrogens is 488 g/mol. The predicted octanol–water partition coefficient (Wildman–Crippen LogP) is 6.13. The van der Waals surface area contributed by atoms with Crippen molar-refractivity contribution in [2.75, 3.05) is 13.7 Å². The molecule has 0 aliphatic heterocycles. The Morgan fingerprint density at radius 3 is 2.81 bits per heavy atom. The zero-order chi connectivity index (χ0) is 22.5. The first-order chi connectivity index (χ1) is 15.6. The minimum Gasteiger partial charge on any atom is -0.493 e. The maximum atomic E-state index is 5.80. The van der Waals surface area contributed by atoms with Crippen LogP contribution in [0.5, 0.6) is 11.5 Å². The number of halogens is 1. The average Bonchev–Trinajstić information content (AvgIpc) is 3.15. The second kappa shape index (κ2) is 10.1. The van der Waals surface area contributed by atoms with Gasteiger partial charge in [-0.15, -0.1) is 0 Å². The van der Waals surface area contributed by atoms with E-state index in [4.69, 9.17) is 21.7 Å². The van der Waals surface area contributed by atoms with Crippen molar-refractivity contribution in [2.45, 2.75) is 19.8 Å². The van der Waals surface area contributed by atoms with Gasteiger partial charge in [0.15, 0.2) is 17.3 Å². The van der Waals surface area contributed by atoms with E-state index in [1.807, 2.05) is 24.3 Å². The molecule has 0 aliphatic carbocycles. The molecule has 0 spiro atoms. The van der Waals surface area contributed by atoms with Crippen molar-refractivity contribution < 1.29 is 9.47 Å². The number of benzene rings is 3. The van der Waals surface area contributed by atoms with E-state index in [1.165, 1.54) is 10.8 Å². The first kappa shape index (κ1) is 22.2. The normalized spacial score (nSPS) is 11.3. The number of nitrogens with one attached hydrogen (secondary N) is 1. The molecule has 0 aliphatic rings. The van der Waals surface area contributed by atoms with Gasteiger partial charge >= 0.3 is 0 Å². The van der Waals surface area contributed by atoms with Gasteiger partial charge in [-0.1, -0.05) is 49.4 Å². The van der Waals surface area contributed by atoms with Crippen LogP contribution in [-0.4, -0.2) is 34.8 Å². The highest BCUT2D eigenvalue weighted by molar-refractivity contribution is 9.10. The van der Waals surface area contributed by atoms with Crippen molar-refractivity contribution in [2.24, 2.45) is 5.10 Å². The van der Waals surface area contributed by atoms with Gasteiger partial charge in [0.25, 0.3) is 0 Å². The van der Waals surface area contributed by atoms with Crippen LogP contribution in [0.3, 0.4) is 0 Å². The van der Waals surface area contributed by atoms with Crippen LogP contribution < -0.4 is 9.47 Å². The molecule has 1 N–H and O–H groups in total.